The van der Waals surface area contributed by atoms with E-state index in [2.05, 4.69) is 0 Å². The van der Waals surface area contributed by atoms with Crippen LogP contribution in [0.2, 0.25) is 5.02 Å². The lowest BCUT2D eigenvalue weighted by Crippen LogP contribution is -2.31. The van der Waals surface area contributed by atoms with Crippen molar-refractivity contribution < 1.29 is 17.9 Å². The molecule has 0 fully saturated rings. The molecule has 0 unspecified atom stereocenters. The van der Waals surface area contributed by atoms with E-state index in [9.17, 15) is 13.2 Å². The lowest BCUT2D eigenvalue weighted by molar-refractivity contribution is 0.0525. The number of anilines is 1. The number of ether oxygens (including phenoxy) is 1. The summed E-state index contributed by atoms with van der Waals surface area (Å²) in [7, 11) is -3.78. The molecule has 0 atom stereocenters. The molecule has 0 aliphatic heterocycles. The Morgan fingerprint density at radius 3 is 2.32 bits per heavy atom. The highest BCUT2D eigenvalue weighted by molar-refractivity contribution is 7.92. The van der Waals surface area contributed by atoms with Crippen LogP contribution in [0.1, 0.15) is 29.8 Å². The number of nitrogens with zero attached hydrogens (tertiary/aromatic N) is 1. The Kier molecular flexibility index (Phi) is 6.08. The molecule has 2 rings (SSSR count). The van der Waals surface area contributed by atoms with E-state index >= 15 is 0 Å². The first-order valence-electron chi connectivity index (χ1n) is 7.88. The zero-order chi connectivity index (χ0) is 18.6. The van der Waals surface area contributed by atoms with Crippen LogP contribution in [0.15, 0.2) is 47.4 Å². The largest absolute Gasteiger partial charge is 0.462 e. The summed E-state index contributed by atoms with van der Waals surface area (Å²) < 4.78 is 32.3. The van der Waals surface area contributed by atoms with Gasteiger partial charge in [-0.3, -0.25) is 4.31 Å². The van der Waals surface area contributed by atoms with Crippen molar-refractivity contribution in [3.8, 4) is 0 Å². The van der Waals surface area contributed by atoms with Gasteiger partial charge in [-0.1, -0.05) is 17.7 Å². The van der Waals surface area contributed by atoms with E-state index in [1.54, 1.807) is 39.0 Å². The first kappa shape index (κ1) is 19.3. The van der Waals surface area contributed by atoms with Gasteiger partial charge >= 0.3 is 5.97 Å². The smallest absolute Gasteiger partial charge is 0.338 e. The standard InChI is InChI=1S/C18H20ClNO4S/c1-4-20(25(22,23)15-11-9-14(19)10-12-15)17-8-6-7-16(13(17)3)18(21)24-5-2/h6-12H,4-5H2,1-3H3. The van der Waals surface area contributed by atoms with Crippen molar-refractivity contribution in [2.24, 2.45) is 0 Å². The number of carbonyl (C=O) groups is 1. The first-order valence-corrected chi connectivity index (χ1v) is 9.69. The van der Waals surface area contributed by atoms with E-state index in [1.807, 2.05) is 0 Å². The quantitative estimate of drug-likeness (QED) is 0.708. The summed E-state index contributed by atoms with van der Waals surface area (Å²) in [5, 5.41) is 0.461. The Balaban J connectivity index is 2.52. The van der Waals surface area contributed by atoms with Gasteiger partial charge in [-0.2, -0.15) is 0 Å². The molecular weight excluding hydrogens is 362 g/mol. The normalized spacial score (nSPS) is 11.2. The van der Waals surface area contributed by atoms with Crippen LogP contribution < -0.4 is 4.31 Å². The van der Waals surface area contributed by atoms with Gasteiger partial charge in [-0.05, 0) is 62.7 Å². The van der Waals surface area contributed by atoms with Crippen LogP contribution in [-0.4, -0.2) is 27.5 Å². The molecular formula is C18H20ClNO4S. The number of benzene rings is 2. The van der Waals surface area contributed by atoms with Crippen molar-refractivity contribution >= 4 is 33.3 Å². The van der Waals surface area contributed by atoms with Crippen LogP contribution in [0.3, 0.4) is 0 Å². The monoisotopic (exact) mass is 381 g/mol. The Morgan fingerprint density at radius 1 is 1.12 bits per heavy atom. The fourth-order valence-electron chi connectivity index (χ4n) is 2.53. The molecule has 2 aromatic carbocycles. The molecule has 134 valence electrons. The van der Waals surface area contributed by atoms with Crippen molar-refractivity contribution in [1.82, 2.24) is 0 Å². The van der Waals surface area contributed by atoms with Crippen molar-refractivity contribution in [2.45, 2.75) is 25.7 Å². The molecule has 7 heteroatoms. The zero-order valence-corrected chi connectivity index (χ0v) is 15.9. The summed E-state index contributed by atoms with van der Waals surface area (Å²) in [6.45, 7) is 5.65. The van der Waals surface area contributed by atoms with Gasteiger partial charge < -0.3 is 4.74 Å². The Labute approximate surface area is 153 Å². The number of carbonyl (C=O) groups excluding carboxylic acids is 1. The van der Waals surface area contributed by atoms with Gasteiger partial charge in [0.25, 0.3) is 10.0 Å². The molecule has 0 heterocycles. The maximum atomic E-state index is 13.0. The number of rotatable bonds is 6. The third-order valence-corrected chi connectivity index (χ3v) is 5.91. The first-order chi connectivity index (χ1) is 11.8. The van der Waals surface area contributed by atoms with Crippen molar-refractivity contribution in [3.63, 3.8) is 0 Å². The SMILES string of the molecule is CCOC(=O)c1cccc(N(CC)S(=O)(=O)c2ccc(Cl)cc2)c1C. The summed E-state index contributed by atoms with van der Waals surface area (Å²) in [5.74, 6) is -0.471. The number of sulfonamides is 1. The Bertz CT molecular complexity index is 863. The summed E-state index contributed by atoms with van der Waals surface area (Å²) in [4.78, 5) is 12.2. The second-order valence-electron chi connectivity index (χ2n) is 5.29. The van der Waals surface area contributed by atoms with Gasteiger partial charge in [0.1, 0.15) is 0 Å². The summed E-state index contributed by atoms with van der Waals surface area (Å²) in [6, 6.07) is 10.9. The Morgan fingerprint density at radius 2 is 1.76 bits per heavy atom. The fraction of sp³-hybridized carbons (Fsp3) is 0.278. The minimum Gasteiger partial charge on any atom is -0.462 e. The van der Waals surface area contributed by atoms with E-state index < -0.39 is 16.0 Å². The molecule has 25 heavy (non-hydrogen) atoms. The number of hydrogen-bond donors (Lipinski definition) is 0. The van der Waals surface area contributed by atoms with Crippen LogP contribution in [-0.2, 0) is 14.8 Å². The summed E-state index contributed by atoms with van der Waals surface area (Å²) in [5.41, 5.74) is 1.35. The van der Waals surface area contributed by atoms with Crippen LogP contribution in [0.4, 0.5) is 5.69 Å². The molecule has 0 aromatic heterocycles. The highest BCUT2D eigenvalue weighted by Gasteiger charge is 2.26. The third-order valence-electron chi connectivity index (χ3n) is 3.76. The average molecular weight is 382 g/mol. The lowest BCUT2D eigenvalue weighted by Gasteiger charge is -2.25. The fourth-order valence-corrected chi connectivity index (χ4v) is 4.18. The molecule has 0 radical (unpaired) electrons. The van der Waals surface area contributed by atoms with E-state index in [0.29, 0.717) is 21.8 Å². The Hall–Kier alpha value is -2.05. The molecule has 0 bridgehead atoms. The molecule has 0 amide bonds. The van der Waals surface area contributed by atoms with Crippen molar-refractivity contribution in [3.05, 3.63) is 58.6 Å². The van der Waals surface area contributed by atoms with E-state index in [0.717, 1.165) is 0 Å². The maximum absolute atomic E-state index is 13.0. The molecule has 0 N–H and O–H groups in total. The van der Waals surface area contributed by atoms with Crippen molar-refractivity contribution in [1.29, 1.82) is 0 Å². The van der Waals surface area contributed by atoms with Gasteiger partial charge in [0.2, 0.25) is 0 Å². The minimum atomic E-state index is -3.78. The third kappa shape index (κ3) is 3.96. The summed E-state index contributed by atoms with van der Waals surface area (Å²) in [6.07, 6.45) is 0. The topological polar surface area (TPSA) is 63.7 Å². The number of hydrogen-bond acceptors (Lipinski definition) is 4. The van der Waals surface area contributed by atoms with Crippen molar-refractivity contribution in [2.75, 3.05) is 17.5 Å². The number of halogens is 1. The average Bonchev–Trinajstić information content (AvgIpc) is 2.57. The van der Waals surface area contributed by atoms with Gasteiger partial charge in [0, 0.05) is 11.6 Å². The van der Waals surface area contributed by atoms with Crippen LogP contribution in [0, 0.1) is 6.92 Å². The lowest BCUT2D eigenvalue weighted by atomic mass is 10.1. The molecule has 0 aliphatic rings. The van der Waals surface area contributed by atoms with E-state index in [-0.39, 0.29) is 18.0 Å². The second kappa shape index (κ2) is 7.89. The molecule has 0 saturated carbocycles. The minimum absolute atomic E-state index is 0.139. The predicted octanol–water partition coefficient (Wildman–Crippen LogP) is 4.04. The summed E-state index contributed by atoms with van der Waals surface area (Å²) >= 11 is 5.84. The maximum Gasteiger partial charge on any atom is 0.338 e. The van der Waals surface area contributed by atoms with Gasteiger partial charge in [-0.25, -0.2) is 13.2 Å². The molecule has 0 saturated heterocycles. The van der Waals surface area contributed by atoms with Crippen LogP contribution in [0.25, 0.3) is 0 Å². The molecule has 5 nitrogen and oxygen atoms in total. The highest BCUT2D eigenvalue weighted by Crippen LogP contribution is 2.29. The van der Waals surface area contributed by atoms with Gasteiger partial charge in [-0.15, -0.1) is 0 Å². The number of esters is 1. The second-order valence-corrected chi connectivity index (χ2v) is 7.59. The van der Waals surface area contributed by atoms with Gasteiger partial charge in [0.05, 0.1) is 22.8 Å². The van der Waals surface area contributed by atoms with Gasteiger partial charge in [0.15, 0.2) is 0 Å². The van der Waals surface area contributed by atoms with Crippen LogP contribution >= 0.6 is 11.6 Å². The molecule has 0 spiro atoms. The zero-order valence-electron chi connectivity index (χ0n) is 14.3. The van der Waals surface area contributed by atoms with E-state index in [4.69, 9.17) is 16.3 Å². The molecule has 2 aromatic rings. The highest BCUT2D eigenvalue weighted by atomic mass is 35.5. The predicted molar refractivity (Wildman–Crippen MR) is 98.8 cm³/mol. The van der Waals surface area contributed by atoms with Crippen LogP contribution in [0.5, 0.6) is 0 Å². The molecule has 0 aliphatic carbocycles. The van der Waals surface area contributed by atoms with E-state index in [1.165, 1.54) is 28.6 Å².